The molecule has 0 aromatic heterocycles. The van der Waals surface area contributed by atoms with Crippen LogP contribution in [0.3, 0.4) is 0 Å². The standard InChI is InChI=1S/C14H21NO3/c1-10(2)3-8-13(17)14(15,18)12-6-4-11(9-16)5-7-12/h4-7,9-10,13,17-18H,3,8,15H2,1-2H3/t13-,14-/m1/s1. The summed E-state index contributed by atoms with van der Waals surface area (Å²) in [5.41, 5.74) is 4.91. The van der Waals surface area contributed by atoms with Gasteiger partial charge in [-0.25, -0.2) is 0 Å². The van der Waals surface area contributed by atoms with Gasteiger partial charge in [0.15, 0.2) is 5.72 Å². The van der Waals surface area contributed by atoms with Gasteiger partial charge >= 0.3 is 0 Å². The van der Waals surface area contributed by atoms with E-state index in [1.54, 1.807) is 24.3 Å². The molecule has 18 heavy (non-hydrogen) atoms. The first-order valence-corrected chi connectivity index (χ1v) is 6.13. The highest BCUT2D eigenvalue weighted by atomic mass is 16.4. The minimum absolute atomic E-state index is 0.407. The van der Waals surface area contributed by atoms with Crippen molar-refractivity contribution in [1.82, 2.24) is 0 Å². The van der Waals surface area contributed by atoms with Crippen LogP contribution in [-0.4, -0.2) is 22.6 Å². The molecule has 0 spiro atoms. The lowest BCUT2D eigenvalue weighted by Gasteiger charge is -2.29. The quantitative estimate of drug-likeness (QED) is 0.527. The summed E-state index contributed by atoms with van der Waals surface area (Å²) in [7, 11) is 0. The molecule has 100 valence electrons. The molecule has 0 bridgehead atoms. The smallest absolute Gasteiger partial charge is 0.165 e. The van der Waals surface area contributed by atoms with Gasteiger partial charge in [-0.15, -0.1) is 0 Å². The number of benzene rings is 1. The molecule has 0 aliphatic heterocycles. The third kappa shape index (κ3) is 3.63. The van der Waals surface area contributed by atoms with Crippen LogP contribution in [0.2, 0.25) is 0 Å². The van der Waals surface area contributed by atoms with Gasteiger partial charge in [0, 0.05) is 11.1 Å². The molecule has 1 rings (SSSR count). The zero-order chi connectivity index (χ0) is 13.8. The summed E-state index contributed by atoms with van der Waals surface area (Å²) >= 11 is 0. The first-order valence-electron chi connectivity index (χ1n) is 6.13. The van der Waals surface area contributed by atoms with Gasteiger partial charge in [0.05, 0.1) is 0 Å². The van der Waals surface area contributed by atoms with Crippen molar-refractivity contribution in [3.63, 3.8) is 0 Å². The molecule has 0 fully saturated rings. The Morgan fingerprint density at radius 1 is 1.28 bits per heavy atom. The van der Waals surface area contributed by atoms with Gasteiger partial charge < -0.3 is 10.2 Å². The second kappa shape index (κ2) is 6.09. The van der Waals surface area contributed by atoms with Gasteiger partial charge in [-0.05, 0) is 18.8 Å². The number of carbonyl (C=O) groups excluding carboxylic acids is 1. The molecule has 4 nitrogen and oxygen atoms in total. The third-order valence-corrected chi connectivity index (χ3v) is 3.03. The number of nitrogens with two attached hydrogens (primary N) is 1. The first kappa shape index (κ1) is 14.8. The van der Waals surface area contributed by atoms with Crippen LogP contribution < -0.4 is 5.73 Å². The largest absolute Gasteiger partial charge is 0.388 e. The van der Waals surface area contributed by atoms with E-state index in [1.807, 2.05) is 13.8 Å². The molecular formula is C14H21NO3. The summed E-state index contributed by atoms with van der Waals surface area (Å²) in [6.45, 7) is 4.09. The van der Waals surface area contributed by atoms with Crippen LogP contribution in [0.15, 0.2) is 24.3 Å². The lowest BCUT2D eigenvalue weighted by atomic mass is 9.92. The minimum atomic E-state index is -1.78. The Labute approximate surface area is 107 Å². The number of hydrogen-bond acceptors (Lipinski definition) is 4. The zero-order valence-corrected chi connectivity index (χ0v) is 10.8. The summed E-state index contributed by atoms with van der Waals surface area (Å²) in [5, 5.41) is 20.1. The summed E-state index contributed by atoms with van der Waals surface area (Å²) in [6, 6.07) is 6.25. The minimum Gasteiger partial charge on any atom is -0.388 e. The number of carbonyl (C=O) groups is 1. The fourth-order valence-corrected chi connectivity index (χ4v) is 1.73. The number of rotatable bonds is 6. The van der Waals surface area contributed by atoms with E-state index < -0.39 is 11.8 Å². The van der Waals surface area contributed by atoms with Crippen molar-refractivity contribution in [2.75, 3.05) is 0 Å². The molecule has 1 aromatic carbocycles. The van der Waals surface area contributed by atoms with Crippen LogP contribution in [0.1, 0.15) is 42.6 Å². The summed E-state index contributed by atoms with van der Waals surface area (Å²) in [5.74, 6) is 0.438. The van der Waals surface area contributed by atoms with Crippen LogP contribution in [0.4, 0.5) is 0 Å². The van der Waals surface area contributed by atoms with Gasteiger partial charge in [-0.1, -0.05) is 38.1 Å². The normalized spacial score (nSPS) is 16.3. The lowest BCUT2D eigenvalue weighted by molar-refractivity contribution is -0.0812. The van der Waals surface area contributed by atoms with Gasteiger partial charge in [0.2, 0.25) is 0 Å². The molecule has 2 atom stereocenters. The topological polar surface area (TPSA) is 83.6 Å². The molecule has 0 saturated carbocycles. The molecule has 0 heterocycles. The average Bonchev–Trinajstić information content (AvgIpc) is 2.35. The maximum atomic E-state index is 10.5. The van der Waals surface area contributed by atoms with E-state index in [4.69, 9.17) is 5.73 Å². The number of aliphatic hydroxyl groups is 2. The van der Waals surface area contributed by atoms with E-state index in [1.165, 1.54) is 0 Å². The van der Waals surface area contributed by atoms with Crippen LogP contribution in [-0.2, 0) is 5.72 Å². The van der Waals surface area contributed by atoms with Crippen LogP contribution >= 0.6 is 0 Å². The van der Waals surface area contributed by atoms with E-state index in [2.05, 4.69) is 0 Å². The fraction of sp³-hybridized carbons (Fsp3) is 0.500. The summed E-state index contributed by atoms with van der Waals surface area (Å²) < 4.78 is 0. The Kier molecular flexibility index (Phi) is 5.02. The van der Waals surface area contributed by atoms with Crippen LogP contribution in [0, 0.1) is 5.92 Å². The highest BCUT2D eigenvalue weighted by molar-refractivity contribution is 5.74. The van der Waals surface area contributed by atoms with E-state index in [0.29, 0.717) is 29.8 Å². The molecule has 4 N–H and O–H groups in total. The zero-order valence-electron chi connectivity index (χ0n) is 10.8. The Morgan fingerprint density at radius 3 is 2.28 bits per heavy atom. The van der Waals surface area contributed by atoms with Gasteiger partial charge in [0.25, 0.3) is 0 Å². The second-order valence-corrected chi connectivity index (χ2v) is 5.05. The summed E-state index contributed by atoms with van der Waals surface area (Å²) in [6.07, 6.45) is 0.906. The van der Waals surface area contributed by atoms with Crippen molar-refractivity contribution in [1.29, 1.82) is 0 Å². The number of aliphatic hydroxyl groups excluding tert-OH is 1. The Bertz CT molecular complexity index is 385. The van der Waals surface area contributed by atoms with Crippen LogP contribution in [0.5, 0.6) is 0 Å². The first-order chi connectivity index (χ1) is 8.37. The highest BCUT2D eigenvalue weighted by Crippen LogP contribution is 2.23. The predicted octanol–water partition coefficient (Wildman–Crippen LogP) is 1.40. The van der Waals surface area contributed by atoms with Gasteiger partial charge in [-0.2, -0.15) is 0 Å². The molecular weight excluding hydrogens is 230 g/mol. The molecule has 0 saturated heterocycles. The maximum absolute atomic E-state index is 10.5. The molecule has 1 aromatic rings. The molecule has 0 unspecified atom stereocenters. The van der Waals surface area contributed by atoms with Crippen molar-refractivity contribution < 1.29 is 15.0 Å². The SMILES string of the molecule is CC(C)CC[C@@H](O)[C@](N)(O)c1ccc(C=O)cc1. The molecule has 4 heteroatoms. The molecule has 0 aliphatic rings. The van der Waals surface area contributed by atoms with Crippen molar-refractivity contribution in [2.45, 2.75) is 38.5 Å². The predicted molar refractivity (Wildman–Crippen MR) is 70.0 cm³/mol. The van der Waals surface area contributed by atoms with Crippen LogP contribution in [0.25, 0.3) is 0 Å². The van der Waals surface area contributed by atoms with E-state index >= 15 is 0 Å². The number of hydrogen-bond donors (Lipinski definition) is 3. The van der Waals surface area contributed by atoms with E-state index in [9.17, 15) is 15.0 Å². The Balaban J connectivity index is 2.79. The third-order valence-electron chi connectivity index (χ3n) is 3.03. The molecule has 0 radical (unpaired) electrons. The number of aldehydes is 1. The maximum Gasteiger partial charge on any atom is 0.165 e. The van der Waals surface area contributed by atoms with Gasteiger partial charge in [0.1, 0.15) is 12.4 Å². The Morgan fingerprint density at radius 2 is 1.83 bits per heavy atom. The highest BCUT2D eigenvalue weighted by Gasteiger charge is 2.32. The van der Waals surface area contributed by atoms with Gasteiger partial charge in [-0.3, -0.25) is 10.5 Å². The molecule has 0 amide bonds. The van der Waals surface area contributed by atoms with Crippen molar-refractivity contribution in [3.05, 3.63) is 35.4 Å². The van der Waals surface area contributed by atoms with Crippen molar-refractivity contribution in [3.8, 4) is 0 Å². The fourth-order valence-electron chi connectivity index (χ4n) is 1.73. The average molecular weight is 251 g/mol. The van der Waals surface area contributed by atoms with E-state index in [0.717, 1.165) is 6.42 Å². The van der Waals surface area contributed by atoms with Crippen molar-refractivity contribution >= 4 is 6.29 Å². The second-order valence-electron chi connectivity index (χ2n) is 5.05. The van der Waals surface area contributed by atoms with Crippen molar-refractivity contribution in [2.24, 2.45) is 11.7 Å². The lowest BCUT2D eigenvalue weighted by Crippen LogP contribution is -2.47. The monoisotopic (exact) mass is 251 g/mol. The summed E-state index contributed by atoms with van der Waals surface area (Å²) in [4.78, 5) is 10.5. The van der Waals surface area contributed by atoms with E-state index in [-0.39, 0.29) is 0 Å². The Hall–Kier alpha value is -1.23. The molecule has 0 aliphatic carbocycles.